The lowest BCUT2D eigenvalue weighted by atomic mass is 10.2. The number of benzene rings is 2. The van der Waals surface area contributed by atoms with E-state index in [4.69, 9.17) is 0 Å². The molecule has 0 aliphatic rings. The first-order valence-electron chi connectivity index (χ1n) is 9.09. The molecule has 2 aromatic rings. The van der Waals surface area contributed by atoms with Crippen molar-refractivity contribution in [1.29, 1.82) is 0 Å². The van der Waals surface area contributed by atoms with Gasteiger partial charge in [-0.15, -0.1) is 0 Å². The van der Waals surface area contributed by atoms with Crippen molar-refractivity contribution in [3.63, 3.8) is 0 Å². The van der Waals surface area contributed by atoms with Crippen molar-refractivity contribution in [2.45, 2.75) is 19.4 Å². The van der Waals surface area contributed by atoms with Crippen molar-refractivity contribution >= 4 is 27.3 Å². The Bertz CT molecular complexity index is 939. The minimum Gasteiger partial charge on any atom is -0.375 e. The molecule has 0 radical (unpaired) electrons. The lowest BCUT2D eigenvalue weighted by molar-refractivity contribution is -0.121. The van der Waals surface area contributed by atoms with Gasteiger partial charge in [0.05, 0.1) is 11.9 Å². The van der Waals surface area contributed by atoms with Gasteiger partial charge in [0.2, 0.25) is 15.9 Å². The van der Waals surface area contributed by atoms with Gasteiger partial charge in [0.15, 0.2) is 11.6 Å². The number of halogens is 2. The van der Waals surface area contributed by atoms with E-state index in [1.54, 1.807) is 0 Å². The largest absolute Gasteiger partial charge is 0.375 e. The van der Waals surface area contributed by atoms with E-state index < -0.39 is 33.6 Å². The average Bonchev–Trinajstić information content (AvgIpc) is 2.67. The smallest absolute Gasteiger partial charge is 0.243 e. The van der Waals surface area contributed by atoms with Crippen molar-refractivity contribution in [3.8, 4) is 0 Å². The Morgan fingerprint density at radius 1 is 1.07 bits per heavy atom. The highest BCUT2D eigenvalue weighted by Gasteiger charge is 2.29. The Morgan fingerprint density at radius 3 is 2.31 bits per heavy atom. The Balaban J connectivity index is 1.98. The molecule has 1 atom stereocenters. The Labute approximate surface area is 170 Å². The van der Waals surface area contributed by atoms with Gasteiger partial charge in [-0.2, -0.15) is 0 Å². The first-order valence-corrected chi connectivity index (χ1v) is 10.9. The summed E-state index contributed by atoms with van der Waals surface area (Å²) < 4.78 is 51.9. The molecular weight excluding hydrogens is 400 g/mol. The molecule has 0 bridgehead atoms. The van der Waals surface area contributed by atoms with E-state index in [1.807, 2.05) is 42.3 Å². The number of hydrogen-bond acceptors (Lipinski definition) is 4. The van der Waals surface area contributed by atoms with Gasteiger partial charge < -0.3 is 10.2 Å². The summed E-state index contributed by atoms with van der Waals surface area (Å²) in [6, 6.07) is 11.3. The third-order valence-electron chi connectivity index (χ3n) is 4.41. The van der Waals surface area contributed by atoms with Gasteiger partial charge in [0, 0.05) is 31.9 Å². The van der Waals surface area contributed by atoms with Crippen molar-refractivity contribution in [2.75, 3.05) is 35.6 Å². The van der Waals surface area contributed by atoms with Crippen LogP contribution in [0.3, 0.4) is 0 Å². The molecular formula is C20H25F2N3O3S. The summed E-state index contributed by atoms with van der Waals surface area (Å²) in [4.78, 5) is 14.5. The van der Waals surface area contributed by atoms with Gasteiger partial charge in [-0.05, 0) is 37.6 Å². The van der Waals surface area contributed by atoms with Gasteiger partial charge in [-0.3, -0.25) is 9.10 Å². The second-order valence-corrected chi connectivity index (χ2v) is 8.59. The average molecular weight is 426 g/mol. The number of hydrogen-bond donors (Lipinski definition) is 1. The summed E-state index contributed by atoms with van der Waals surface area (Å²) in [6.45, 7) is 2.43. The number of nitrogens with zero attached hydrogens (tertiary/aromatic N) is 2. The molecule has 1 amide bonds. The number of anilines is 2. The first-order chi connectivity index (χ1) is 13.6. The number of para-hydroxylation sites is 1. The molecule has 0 heterocycles. The highest BCUT2D eigenvalue weighted by molar-refractivity contribution is 7.92. The number of rotatable bonds is 9. The van der Waals surface area contributed by atoms with Crippen LogP contribution in [0.2, 0.25) is 0 Å². The fourth-order valence-electron chi connectivity index (χ4n) is 2.92. The lowest BCUT2D eigenvalue weighted by Crippen LogP contribution is -2.48. The molecule has 6 nitrogen and oxygen atoms in total. The monoisotopic (exact) mass is 425 g/mol. The second kappa shape index (κ2) is 9.69. The maximum absolute atomic E-state index is 13.6. The van der Waals surface area contributed by atoms with Gasteiger partial charge in [-0.1, -0.05) is 18.2 Å². The molecule has 0 aliphatic carbocycles. The summed E-state index contributed by atoms with van der Waals surface area (Å²) in [7, 11) is -1.96. The van der Waals surface area contributed by atoms with E-state index in [0.717, 1.165) is 34.4 Å². The summed E-state index contributed by atoms with van der Waals surface area (Å²) >= 11 is 0. The van der Waals surface area contributed by atoms with Crippen LogP contribution in [0.4, 0.5) is 20.2 Å². The van der Waals surface area contributed by atoms with Gasteiger partial charge in [0.1, 0.15) is 6.04 Å². The highest BCUT2D eigenvalue weighted by Crippen LogP contribution is 2.23. The molecule has 158 valence electrons. The molecule has 0 spiro atoms. The Morgan fingerprint density at radius 2 is 1.72 bits per heavy atom. The van der Waals surface area contributed by atoms with Gasteiger partial charge in [0.25, 0.3) is 0 Å². The van der Waals surface area contributed by atoms with E-state index in [9.17, 15) is 22.0 Å². The summed E-state index contributed by atoms with van der Waals surface area (Å²) in [5, 5.41) is 2.70. The van der Waals surface area contributed by atoms with Crippen LogP contribution in [-0.2, 0) is 14.8 Å². The zero-order valence-corrected chi connectivity index (χ0v) is 17.4. The summed E-state index contributed by atoms with van der Waals surface area (Å²) in [6.07, 6.45) is 1.56. The normalized spacial score (nSPS) is 12.3. The molecule has 2 rings (SSSR count). The third-order valence-corrected chi connectivity index (χ3v) is 5.65. The lowest BCUT2D eigenvalue weighted by Gasteiger charge is -2.28. The molecule has 29 heavy (non-hydrogen) atoms. The Hall–Kier alpha value is -2.68. The van der Waals surface area contributed by atoms with Crippen molar-refractivity contribution in [1.82, 2.24) is 5.32 Å². The number of amides is 1. The molecule has 0 saturated heterocycles. The van der Waals surface area contributed by atoms with Crippen LogP contribution in [0.5, 0.6) is 0 Å². The highest BCUT2D eigenvalue weighted by atomic mass is 32.2. The maximum atomic E-state index is 13.6. The molecule has 0 saturated carbocycles. The summed E-state index contributed by atoms with van der Waals surface area (Å²) in [5.74, 6) is -2.81. The van der Waals surface area contributed by atoms with E-state index in [2.05, 4.69) is 5.32 Å². The van der Waals surface area contributed by atoms with Crippen LogP contribution in [-0.4, -0.2) is 46.8 Å². The molecule has 2 aromatic carbocycles. The number of carbonyl (C=O) groups is 1. The van der Waals surface area contributed by atoms with E-state index in [-0.39, 0.29) is 5.69 Å². The standard InChI is InChI=1S/C20H25F2N3O3S/c1-15(25(29(3,27)28)17-10-11-18(21)19(22)14-17)20(26)23-12-7-13-24(2)16-8-5-4-6-9-16/h4-6,8-11,14-15H,7,12-13H2,1-3H3,(H,23,26)/t15-/m0/s1. The quantitative estimate of drug-likeness (QED) is 0.628. The zero-order valence-electron chi connectivity index (χ0n) is 16.6. The van der Waals surface area contributed by atoms with Crippen LogP contribution >= 0.6 is 0 Å². The minimum absolute atomic E-state index is 0.113. The number of sulfonamides is 1. The van der Waals surface area contributed by atoms with Crippen LogP contribution in [0, 0.1) is 11.6 Å². The molecule has 0 fully saturated rings. The van der Waals surface area contributed by atoms with E-state index in [1.165, 1.54) is 6.92 Å². The maximum Gasteiger partial charge on any atom is 0.243 e. The van der Waals surface area contributed by atoms with Crippen molar-refractivity contribution in [3.05, 3.63) is 60.2 Å². The molecule has 1 N–H and O–H groups in total. The van der Waals surface area contributed by atoms with Crippen LogP contribution in [0.15, 0.2) is 48.5 Å². The minimum atomic E-state index is -3.90. The predicted octanol–water partition coefficient (Wildman–Crippen LogP) is 2.76. The van der Waals surface area contributed by atoms with Gasteiger partial charge >= 0.3 is 0 Å². The summed E-state index contributed by atoms with van der Waals surface area (Å²) in [5.41, 5.74) is 0.937. The van der Waals surface area contributed by atoms with E-state index >= 15 is 0 Å². The second-order valence-electron chi connectivity index (χ2n) is 6.73. The van der Waals surface area contributed by atoms with Crippen LogP contribution < -0.4 is 14.5 Å². The fraction of sp³-hybridized carbons (Fsp3) is 0.350. The molecule has 0 aromatic heterocycles. The fourth-order valence-corrected chi connectivity index (χ4v) is 4.08. The first kappa shape index (κ1) is 22.6. The number of nitrogens with one attached hydrogen (secondary N) is 1. The van der Waals surface area contributed by atoms with Crippen molar-refractivity contribution < 1.29 is 22.0 Å². The third kappa shape index (κ3) is 6.15. The molecule has 0 unspecified atom stereocenters. The topological polar surface area (TPSA) is 69.7 Å². The number of carbonyl (C=O) groups excluding carboxylic acids is 1. The Kier molecular flexibility index (Phi) is 7.55. The zero-order chi connectivity index (χ0) is 21.6. The van der Waals surface area contributed by atoms with Crippen LogP contribution in [0.25, 0.3) is 0 Å². The van der Waals surface area contributed by atoms with Crippen molar-refractivity contribution in [2.24, 2.45) is 0 Å². The predicted molar refractivity (Wildman–Crippen MR) is 110 cm³/mol. The molecule has 9 heteroatoms. The van der Waals surface area contributed by atoms with E-state index in [0.29, 0.717) is 19.5 Å². The van der Waals surface area contributed by atoms with Gasteiger partial charge in [-0.25, -0.2) is 17.2 Å². The SMILES string of the molecule is C[C@@H](C(=O)NCCCN(C)c1ccccc1)N(c1ccc(F)c(F)c1)S(C)(=O)=O. The molecule has 0 aliphatic heterocycles. The van der Waals surface area contributed by atoms with Crippen LogP contribution in [0.1, 0.15) is 13.3 Å².